The van der Waals surface area contributed by atoms with Crippen molar-refractivity contribution in [1.29, 1.82) is 0 Å². The molecule has 0 aromatic heterocycles. The molecular weight excluding hydrogens is 625 g/mol. The minimum absolute atomic E-state index is 1.21. The molecule has 0 aliphatic rings. The van der Waals surface area contributed by atoms with Crippen molar-refractivity contribution < 1.29 is 0 Å². The van der Waals surface area contributed by atoms with E-state index in [0.717, 1.165) is 0 Å². The van der Waals surface area contributed by atoms with Crippen LogP contribution >= 0.6 is 0 Å². The summed E-state index contributed by atoms with van der Waals surface area (Å²) < 4.78 is 0. The Morgan fingerprint density at radius 3 is 1.48 bits per heavy atom. The van der Waals surface area contributed by atoms with E-state index < -0.39 is 0 Å². The van der Waals surface area contributed by atoms with E-state index in [1.54, 1.807) is 0 Å². The summed E-state index contributed by atoms with van der Waals surface area (Å²) in [5.41, 5.74) is 12.3. The fraction of sp³-hybridized carbons (Fsp3) is 0. The first kappa shape index (κ1) is 30.1. The minimum atomic E-state index is 1.21. The van der Waals surface area contributed by atoms with Crippen LogP contribution in [0.5, 0.6) is 0 Å². The number of benzene rings is 10. The van der Waals surface area contributed by atoms with Crippen LogP contribution in [0.2, 0.25) is 0 Å². The molecule has 10 aromatic rings. The summed E-state index contributed by atoms with van der Waals surface area (Å²) in [5.74, 6) is 0. The van der Waals surface area contributed by atoms with Gasteiger partial charge < -0.3 is 0 Å². The maximum atomic E-state index is 2.42. The lowest BCUT2D eigenvalue weighted by Gasteiger charge is -2.20. The molecule has 0 amide bonds. The first-order valence-corrected chi connectivity index (χ1v) is 18.0. The van der Waals surface area contributed by atoms with Gasteiger partial charge in [0, 0.05) is 0 Å². The summed E-state index contributed by atoms with van der Waals surface area (Å²) in [6, 6.07) is 75.6. The van der Waals surface area contributed by atoms with E-state index in [-0.39, 0.29) is 0 Å². The van der Waals surface area contributed by atoms with E-state index in [4.69, 9.17) is 0 Å². The molecule has 0 atom stereocenters. The third kappa shape index (κ3) is 5.16. The normalized spacial score (nSPS) is 11.5. The first-order chi connectivity index (χ1) is 25.8. The molecular formula is C52H34. The number of hydrogen-bond donors (Lipinski definition) is 0. The molecule has 0 nitrogen and oxygen atoms in total. The maximum Gasteiger partial charge on any atom is -0.00201 e. The number of rotatable bonds is 5. The molecule has 0 aliphatic heterocycles. The van der Waals surface area contributed by atoms with Crippen LogP contribution in [0.4, 0.5) is 0 Å². The Labute approximate surface area is 303 Å². The van der Waals surface area contributed by atoms with Crippen LogP contribution < -0.4 is 0 Å². The van der Waals surface area contributed by atoms with Crippen molar-refractivity contribution in [2.24, 2.45) is 0 Å². The topological polar surface area (TPSA) is 0 Å². The average Bonchev–Trinajstić information content (AvgIpc) is 3.22. The van der Waals surface area contributed by atoms with Gasteiger partial charge in [-0.15, -0.1) is 0 Å². The standard InChI is InChI=1S/C52H34/c1-2-12-35(13-3-1)37-24-26-38(27-25-37)43-30-31-49-50(34-43)51(44-19-10-18-41(33-44)42-29-28-36-14-4-5-16-40(36)32-42)47-21-8-9-22-48(47)52(49)46-23-11-17-39-15-6-7-20-45(39)46/h1-34H. The molecule has 0 bridgehead atoms. The summed E-state index contributed by atoms with van der Waals surface area (Å²) in [4.78, 5) is 0. The monoisotopic (exact) mass is 658 g/mol. The second-order valence-corrected chi connectivity index (χ2v) is 13.7. The van der Waals surface area contributed by atoms with Crippen molar-refractivity contribution in [2.75, 3.05) is 0 Å². The Balaban J connectivity index is 1.24. The molecule has 0 radical (unpaired) electrons. The lowest BCUT2D eigenvalue weighted by Crippen LogP contribution is -1.93. The number of hydrogen-bond acceptors (Lipinski definition) is 0. The third-order valence-corrected chi connectivity index (χ3v) is 10.6. The van der Waals surface area contributed by atoms with Crippen molar-refractivity contribution >= 4 is 43.1 Å². The predicted molar refractivity (Wildman–Crippen MR) is 224 cm³/mol. The SMILES string of the molecule is c1ccc(-c2ccc(-c3ccc4c(-c5cccc6ccccc56)c5ccccc5c(-c5cccc(-c6ccc7ccccc7c6)c5)c4c3)cc2)cc1. The lowest BCUT2D eigenvalue weighted by molar-refractivity contribution is 1.60. The summed E-state index contributed by atoms with van der Waals surface area (Å²) in [5, 5.41) is 10.1. The van der Waals surface area contributed by atoms with Gasteiger partial charge in [-0.1, -0.05) is 188 Å². The third-order valence-electron chi connectivity index (χ3n) is 10.6. The highest BCUT2D eigenvalue weighted by Gasteiger charge is 2.19. The average molecular weight is 659 g/mol. The van der Waals surface area contributed by atoms with Gasteiger partial charge in [0.2, 0.25) is 0 Å². The van der Waals surface area contributed by atoms with Gasteiger partial charge in [0.05, 0.1) is 0 Å². The Morgan fingerprint density at radius 1 is 0.192 bits per heavy atom. The fourth-order valence-corrected chi connectivity index (χ4v) is 8.11. The number of fused-ring (bicyclic) bond motifs is 4. The van der Waals surface area contributed by atoms with Crippen molar-refractivity contribution in [3.05, 3.63) is 206 Å². The molecule has 242 valence electrons. The highest BCUT2D eigenvalue weighted by molar-refractivity contribution is 6.24. The van der Waals surface area contributed by atoms with Crippen LogP contribution in [0.1, 0.15) is 0 Å². The molecule has 0 unspecified atom stereocenters. The maximum absolute atomic E-state index is 2.42. The molecule has 0 heteroatoms. The van der Waals surface area contributed by atoms with Crippen LogP contribution in [-0.2, 0) is 0 Å². The van der Waals surface area contributed by atoms with E-state index >= 15 is 0 Å². The van der Waals surface area contributed by atoms with Crippen LogP contribution in [0.3, 0.4) is 0 Å². The van der Waals surface area contributed by atoms with Crippen LogP contribution in [0.25, 0.3) is 98.7 Å². The second-order valence-electron chi connectivity index (χ2n) is 13.7. The molecule has 0 aliphatic carbocycles. The van der Waals surface area contributed by atoms with Gasteiger partial charge in [0.1, 0.15) is 0 Å². The molecule has 0 heterocycles. The summed E-state index contributed by atoms with van der Waals surface area (Å²) >= 11 is 0. The Hall–Kier alpha value is -6.76. The van der Waals surface area contributed by atoms with Gasteiger partial charge in [0.15, 0.2) is 0 Å². The Morgan fingerprint density at radius 2 is 0.673 bits per heavy atom. The van der Waals surface area contributed by atoms with Crippen molar-refractivity contribution in [1.82, 2.24) is 0 Å². The largest absolute Gasteiger partial charge is 0.0622 e. The highest BCUT2D eigenvalue weighted by Crippen LogP contribution is 2.47. The molecule has 0 saturated carbocycles. The van der Waals surface area contributed by atoms with Gasteiger partial charge >= 0.3 is 0 Å². The molecule has 10 rings (SSSR count). The Kier molecular flexibility index (Phi) is 7.25. The van der Waals surface area contributed by atoms with E-state index in [2.05, 4.69) is 206 Å². The molecule has 0 spiro atoms. The summed E-state index contributed by atoms with van der Waals surface area (Å²) in [7, 11) is 0. The second kappa shape index (κ2) is 12.5. The summed E-state index contributed by atoms with van der Waals surface area (Å²) in [6.45, 7) is 0. The van der Waals surface area contributed by atoms with Crippen LogP contribution in [-0.4, -0.2) is 0 Å². The Bertz CT molecular complexity index is 2930. The van der Waals surface area contributed by atoms with Gasteiger partial charge in [-0.05, 0) is 117 Å². The van der Waals surface area contributed by atoms with Gasteiger partial charge in [-0.3, -0.25) is 0 Å². The minimum Gasteiger partial charge on any atom is -0.0622 e. The predicted octanol–water partition coefficient (Wildman–Crippen LogP) is 14.6. The van der Waals surface area contributed by atoms with Gasteiger partial charge in [-0.2, -0.15) is 0 Å². The van der Waals surface area contributed by atoms with Crippen molar-refractivity contribution in [3.8, 4) is 55.6 Å². The zero-order chi connectivity index (χ0) is 34.4. The van der Waals surface area contributed by atoms with E-state index in [1.165, 1.54) is 98.7 Å². The van der Waals surface area contributed by atoms with E-state index in [9.17, 15) is 0 Å². The van der Waals surface area contributed by atoms with E-state index in [0.29, 0.717) is 0 Å². The van der Waals surface area contributed by atoms with Crippen LogP contribution in [0, 0.1) is 0 Å². The highest BCUT2D eigenvalue weighted by atomic mass is 14.2. The molecule has 0 N–H and O–H groups in total. The molecule has 0 fully saturated rings. The fourth-order valence-electron chi connectivity index (χ4n) is 8.11. The zero-order valence-corrected chi connectivity index (χ0v) is 28.6. The quantitative estimate of drug-likeness (QED) is 0.161. The van der Waals surface area contributed by atoms with E-state index in [1.807, 2.05) is 0 Å². The summed E-state index contributed by atoms with van der Waals surface area (Å²) in [6.07, 6.45) is 0. The lowest BCUT2D eigenvalue weighted by atomic mass is 9.83. The van der Waals surface area contributed by atoms with Crippen LogP contribution in [0.15, 0.2) is 206 Å². The van der Waals surface area contributed by atoms with Gasteiger partial charge in [-0.25, -0.2) is 0 Å². The zero-order valence-electron chi connectivity index (χ0n) is 28.6. The molecule has 10 aromatic carbocycles. The smallest absolute Gasteiger partial charge is 0.00201 e. The molecule has 0 saturated heterocycles. The van der Waals surface area contributed by atoms with Crippen molar-refractivity contribution in [3.63, 3.8) is 0 Å². The molecule has 52 heavy (non-hydrogen) atoms. The van der Waals surface area contributed by atoms with Crippen molar-refractivity contribution in [2.45, 2.75) is 0 Å². The van der Waals surface area contributed by atoms with Gasteiger partial charge in [0.25, 0.3) is 0 Å². The first-order valence-electron chi connectivity index (χ1n) is 18.0.